The van der Waals surface area contributed by atoms with Crippen LogP contribution in [-0.4, -0.2) is 58.1 Å². The molecule has 0 radical (unpaired) electrons. The molecule has 7 heteroatoms. The minimum absolute atomic E-state index is 0. The standard InChI is InChI=1S/C23H35N3O3.HI/c1-4-5-6-7-8-13-26(3)22(24-2)25-17-23(11-14-27-15-12-23)19-9-10-20-21(16-19)29-18-28-20;/h4,9-10,16H,1,5-8,11-15,17-18H2,2-3H3,(H,24,25);1H. The van der Waals surface area contributed by atoms with Crippen LogP contribution in [0.25, 0.3) is 0 Å². The number of nitrogens with zero attached hydrogens (tertiary/aromatic N) is 2. The molecule has 0 aliphatic carbocycles. The SMILES string of the molecule is C=CCCCCCN(C)C(=NC)NCC1(c2ccc3c(c2)OCO3)CCOCC1.I. The van der Waals surface area contributed by atoms with Gasteiger partial charge in [-0.1, -0.05) is 18.6 Å². The summed E-state index contributed by atoms with van der Waals surface area (Å²) in [5.41, 5.74) is 1.28. The molecule has 2 aliphatic heterocycles. The second-order valence-electron chi connectivity index (χ2n) is 7.92. The highest BCUT2D eigenvalue weighted by atomic mass is 127. The molecule has 2 aliphatic rings. The van der Waals surface area contributed by atoms with Crippen molar-refractivity contribution in [3.63, 3.8) is 0 Å². The summed E-state index contributed by atoms with van der Waals surface area (Å²) in [7, 11) is 3.97. The van der Waals surface area contributed by atoms with Crippen molar-refractivity contribution >= 4 is 29.9 Å². The van der Waals surface area contributed by atoms with Gasteiger partial charge in [-0.2, -0.15) is 0 Å². The van der Waals surface area contributed by atoms with Crippen LogP contribution < -0.4 is 14.8 Å². The van der Waals surface area contributed by atoms with E-state index in [0.717, 1.165) is 69.4 Å². The number of allylic oxidation sites excluding steroid dienone is 1. The zero-order valence-corrected chi connectivity index (χ0v) is 20.7. The molecule has 0 unspecified atom stereocenters. The van der Waals surface area contributed by atoms with Crippen molar-refractivity contribution < 1.29 is 14.2 Å². The van der Waals surface area contributed by atoms with Gasteiger partial charge in [0.2, 0.25) is 6.79 Å². The average molecular weight is 529 g/mol. The topological polar surface area (TPSA) is 55.3 Å². The number of guanidine groups is 1. The zero-order chi connectivity index (χ0) is 20.5. The lowest BCUT2D eigenvalue weighted by molar-refractivity contribution is 0.0511. The molecule has 0 atom stereocenters. The van der Waals surface area contributed by atoms with Crippen LogP contribution in [0.5, 0.6) is 11.5 Å². The largest absolute Gasteiger partial charge is 0.454 e. The zero-order valence-electron chi connectivity index (χ0n) is 18.3. The first-order valence-corrected chi connectivity index (χ1v) is 10.7. The fraction of sp³-hybridized carbons (Fsp3) is 0.609. The third-order valence-electron chi connectivity index (χ3n) is 5.99. The molecule has 0 amide bonds. The Morgan fingerprint density at radius 3 is 2.70 bits per heavy atom. The van der Waals surface area contributed by atoms with Crippen LogP contribution in [0.15, 0.2) is 35.8 Å². The van der Waals surface area contributed by atoms with Crippen molar-refractivity contribution in [1.29, 1.82) is 0 Å². The van der Waals surface area contributed by atoms with E-state index >= 15 is 0 Å². The molecule has 30 heavy (non-hydrogen) atoms. The van der Waals surface area contributed by atoms with Gasteiger partial charge in [-0.05, 0) is 49.8 Å². The van der Waals surface area contributed by atoms with Gasteiger partial charge in [-0.25, -0.2) is 0 Å². The Morgan fingerprint density at radius 1 is 1.20 bits per heavy atom. The highest BCUT2D eigenvalue weighted by Gasteiger charge is 2.36. The van der Waals surface area contributed by atoms with Crippen LogP contribution in [-0.2, 0) is 10.2 Å². The predicted molar refractivity (Wildman–Crippen MR) is 132 cm³/mol. The Balaban J connectivity index is 0.00000320. The first kappa shape index (κ1) is 24.8. The minimum Gasteiger partial charge on any atom is -0.454 e. The quantitative estimate of drug-likeness (QED) is 0.170. The van der Waals surface area contributed by atoms with E-state index in [1.807, 2.05) is 19.2 Å². The van der Waals surface area contributed by atoms with Crippen molar-refractivity contribution in [2.45, 2.75) is 43.9 Å². The number of nitrogens with one attached hydrogen (secondary N) is 1. The summed E-state index contributed by atoms with van der Waals surface area (Å²) in [6, 6.07) is 6.34. The van der Waals surface area contributed by atoms with Crippen molar-refractivity contribution in [3.8, 4) is 11.5 Å². The van der Waals surface area contributed by atoms with Crippen LogP contribution in [0.1, 0.15) is 44.1 Å². The van der Waals surface area contributed by atoms with E-state index in [1.165, 1.54) is 18.4 Å². The molecule has 3 rings (SSSR count). The van der Waals surface area contributed by atoms with E-state index in [1.54, 1.807) is 0 Å². The number of rotatable bonds is 9. The summed E-state index contributed by atoms with van der Waals surface area (Å²) in [6.07, 6.45) is 8.61. The van der Waals surface area contributed by atoms with Gasteiger partial charge in [0.05, 0.1) is 0 Å². The lowest BCUT2D eigenvalue weighted by Gasteiger charge is -2.39. The summed E-state index contributed by atoms with van der Waals surface area (Å²) < 4.78 is 16.8. The molecule has 0 spiro atoms. The molecule has 1 aromatic rings. The average Bonchev–Trinajstić information content (AvgIpc) is 3.22. The summed E-state index contributed by atoms with van der Waals surface area (Å²) in [4.78, 5) is 6.73. The summed E-state index contributed by atoms with van der Waals surface area (Å²) in [5, 5.41) is 3.63. The molecular formula is C23H36IN3O3. The van der Waals surface area contributed by atoms with Gasteiger partial charge in [0.15, 0.2) is 17.5 Å². The third-order valence-corrected chi connectivity index (χ3v) is 5.99. The van der Waals surface area contributed by atoms with E-state index in [-0.39, 0.29) is 29.4 Å². The maximum atomic E-state index is 5.67. The number of ether oxygens (including phenoxy) is 3. The molecule has 2 heterocycles. The van der Waals surface area contributed by atoms with E-state index in [2.05, 4.69) is 41.0 Å². The molecule has 1 saturated heterocycles. The second kappa shape index (κ2) is 12.4. The summed E-state index contributed by atoms with van der Waals surface area (Å²) >= 11 is 0. The lowest BCUT2D eigenvalue weighted by Crippen LogP contribution is -2.48. The van der Waals surface area contributed by atoms with Gasteiger partial charge < -0.3 is 24.4 Å². The first-order chi connectivity index (χ1) is 14.2. The van der Waals surface area contributed by atoms with Gasteiger partial charge in [0, 0.05) is 45.8 Å². The monoisotopic (exact) mass is 529 g/mol. The summed E-state index contributed by atoms with van der Waals surface area (Å²) in [5.74, 6) is 2.62. The van der Waals surface area contributed by atoms with E-state index < -0.39 is 0 Å². The van der Waals surface area contributed by atoms with E-state index in [9.17, 15) is 0 Å². The third kappa shape index (κ3) is 6.26. The van der Waals surface area contributed by atoms with Crippen LogP contribution in [0.3, 0.4) is 0 Å². The van der Waals surface area contributed by atoms with Crippen molar-refractivity contribution in [2.24, 2.45) is 4.99 Å². The van der Waals surface area contributed by atoms with Gasteiger partial charge in [0.1, 0.15) is 0 Å². The van der Waals surface area contributed by atoms with E-state index in [4.69, 9.17) is 14.2 Å². The molecular weight excluding hydrogens is 493 g/mol. The van der Waals surface area contributed by atoms with Crippen molar-refractivity contribution in [3.05, 3.63) is 36.4 Å². The van der Waals surface area contributed by atoms with Crippen LogP contribution >= 0.6 is 24.0 Å². The molecule has 1 N–H and O–H groups in total. The van der Waals surface area contributed by atoms with Gasteiger partial charge >= 0.3 is 0 Å². The molecule has 0 aromatic heterocycles. The Labute approximate surface area is 198 Å². The molecule has 1 fully saturated rings. The van der Waals surface area contributed by atoms with Crippen molar-refractivity contribution in [2.75, 3.05) is 47.2 Å². The van der Waals surface area contributed by atoms with Gasteiger partial charge in [-0.15, -0.1) is 30.6 Å². The number of unbranched alkanes of at least 4 members (excludes halogenated alkanes) is 3. The molecule has 1 aromatic carbocycles. The highest BCUT2D eigenvalue weighted by molar-refractivity contribution is 14.0. The Hall–Kier alpha value is -1.48. The predicted octanol–water partition coefficient (Wildman–Crippen LogP) is 4.34. The first-order valence-electron chi connectivity index (χ1n) is 10.7. The Kier molecular flexibility index (Phi) is 10.2. The molecule has 0 saturated carbocycles. The smallest absolute Gasteiger partial charge is 0.231 e. The number of aliphatic imine (C=N–C) groups is 1. The highest BCUT2D eigenvalue weighted by Crippen LogP contribution is 2.40. The van der Waals surface area contributed by atoms with Crippen molar-refractivity contribution in [1.82, 2.24) is 10.2 Å². The van der Waals surface area contributed by atoms with E-state index in [0.29, 0.717) is 6.79 Å². The maximum absolute atomic E-state index is 5.67. The molecule has 168 valence electrons. The van der Waals surface area contributed by atoms with Gasteiger partial charge in [-0.3, -0.25) is 4.99 Å². The Bertz CT molecular complexity index is 705. The molecule has 0 bridgehead atoms. The Morgan fingerprint density at radius 2 is 1.97 bits per heavy atom. The molecule has 6 nitrogen and oxygen atoms in total. The lowest BCUT2D eigenvalue weighted by atomic mass is 9.74. The minimum atomic E-state index is -0.0000292. The number of benzene rings is 1. The number of hydrogen-bond donors (Lipinski definition) is 1. The van der Waals surface area contributed by atoms with Crippen LogP contribution in [0.4, 0.5) is 0 Å². The fourth-order valence-corrected chi connectivity index (χ4v) is 4.11. The number of hydrogen-bond acceptors (Lipinski definition) is 4. The van der Waals surface area contributed by atoms with Gasteiger partial charge in [0.25, 0.3) is 0 Å². The van der Waals surface area contributed by atoms with Crippen LogP contribution in [0.2, 0.25) is 0 Å². The maximum Gasteiger partial charge on any atom is 0.231 e. The number of halogens is 1. The number of fused-ring (bicyclic) bond motifs is 1. The van der Waals surface area contributed by atoms with Crippen LogP contribution in [0, 0.1) is 0 Å². The normalized spacial score (nSPS) is 17.2. The fourth-order valence-electron chi connectivity index (χ4n) is 4.11. The summed E-state index contributed by atoms with van der Waals surface area (Å²) in [6.45, 7) is 7.46. The second-order valence-corrected chi connectivity index (χ2v) is 7.92.